The van der Waals surface area contributed by atoms with Crippen LogP contribution in [0.5, 0.6) is 0 Å². The van der Waals surface area contributed by atoms with E-state index in [1.807, 2.05) is 0 Å². The van der Waals surface area contributed by atoms with Crippen LogP contribution in [0.2, 0.25) is 0 Å². The topological polar surface area (TPSA) is 0 Å². The lowest BCUT2D eigenvalue weighted by Crippen LogP contribution is -2.08. The summed E-state index contributed by atoms with van der Waals surface area (Å²) in [6.07, 6.45) is 1.09. The van der Waals surface area contributed by atoms with Crippen molar-refractivity contribution in [1.29, 1.82) is 0 Å². The molecule has 0 aromatic heterocycles. The van der Waals surface area contributed by atoms with Crippen LogP contribution in [0, 0.1) is 46.5 Å². The SMILES string of the molecule is CSc1c(F)c(F)c(-c2c(F)c(F)c(S)c(F)c2F)c(F)c1F. The number of halogens is 8. The van der Waals surface area contributed by atoms with Crippen LogP contribution in [0.4, 0.5) is 35.1 Å². The molecule has 10 heteroatoms. The van der Waals surface area contributed by atoms with Crippen molar-refractivity contribution < 1.29 is 35.1 Å². The van der Waals surface area contributed by atoms with Crippen LogP contribution in [0.1, 0.15) is 0 Å². The normalized spacial score (nSPS) is 11.2. The molecule has 0 aliphatic rings. The van der Waals surface area contributed by atoms with Crippen LogP contribution in [0.25, 0.3) is 11.1 Å². The third-order valence-electron chi connectivity index (χ3n) is 2.92. The van der Waals surface area contributed by atoms with E-state index >= 15 is 0 Å². The molecule has 23 heavy (non-hydrogen) atoms. The molecule has 2 aromatic rings. The molecular formula is C13H4F8S2. The maximum atomic E-state index is 13.9. The summed E-state index contributed by atoms with van der Waals surface area (Å²) in [7, 11) is 0. The Balaban J connectivity index is 3.01. The number of hydrogen-bond donors (Lipinski definition) is 1. The maximum absolute atomic E-state index is 13.9. The van der Waals surface area contributed by atoms with E-state index in [1.165, 1.54) is 0 Å². The van der Waals surface area contributed by atoms with Crippen molar-refractivity contribution in [2.24, 2.45) is 0 Å². The minimum Gasteiger partial charge on any atom is -0.203 e. The number of benzene rings is 2. The zero-order chi connectivity index (χ0) is 17.6. The highest BCUT2D eigenvalue weighted by Gasteiger charge is 2.33. The molecule has 0 saturated carbocycles. The van der Waals surface area contributed by atoms with Gasteiger partial charge in [0.1, 0.15) is 0 Å². The van der Waals surface area contributed by atoms with Crippen LogP contribution in [-0.2, 0) is 0 Å². The number of thioether (sulfide) groups is 1. The molecule has 2 rings (SSSR count). The van der Waals surface area contributed by atoms with Crippen molar-refractivity contribution in [3.05, 3.63) is 46.5 Å². The number of thiol groups is 1. The van der Waals surface area contributed by atoms with E-state index in [-0.39, 0.29) is 0 Å². The summed E-state index contributed by atoms with van der Waals surface area (Å²) in [5, 5.41) is 0. The van der Waals surface area contributed by atoms with Gasteiger partial charge in [0.2, 0.25) is 0 Å². The fourth-order valence-electron chi connectivity index (χ4n) is 1.85. The summed E-state index contributed by atoms with van der Waals surface area (Å²) in [5.74, 6) is -16.8. The Morgan fingerprint density at radius 3 is 1.17 bits per heavy atom. The molecule has 0 amide bonds. The Kier molecular flexibility index (Phi) is 4.86. The highest BCUT2D eigenvalue weighted by atomic mass is 32.2. The fraction of sp³-hybridized carbons (Fsp3) is 0.0769. The van der Waals surface area contributed by atoms with E-state index in [0.717, 1.165) is 6.26 Å². The Morgan fingerprint density at radius 2 is 0.870 bits per heavy atom. The highest BCUT2D eigenvalue weighted by Crippen LogP contribution is 2.40. The van der Waals surface area contributed by atoms with Crippen molar-refractivity contribution in [3.63, 3.8) is 0 Å². The van der Waals surface area contributed by atoms with Crippen LogP contribution in [0.15, 0.2) is 9.79 Å². The summed E-state index contributed by atoms with van der Waals surface area (Å²) >= 11 is 3.46. The van der Waals surface area contributed by atoms with Gasteiger partial charge in [-0.05, 0) is 6.26 Å². The van der Waals surface area contributed by atoms with E-state index in [4.69, 9.17) is 0 Å². The molecular weight excluding hydrogens is 372 g/mol. The van der Waals surface area contributed by atoms with Gasteiger partial charge in [-0.1, -0.05) is 0 Å². The predicted molar refractivity (Wildman–Crippen MR) is 70.6 cm³/mol. The van der Waals surface area contributed by atoms with Gasteiger partial charge >= 0.3 is 0 Å². The zero-order valence-electron chi connectivity index (χ0n) is 10.9. The standard InChI is InChI=1S/C13H4F8S2/c1-23-13-10(20)6(16)3(7(17)11(13)21)2-4(14)8(18)12(22)9(19)5(2)15/h22H,1H3. The van der Waals surface area contributed by atoms with Gasteiger partial charge in [-0.3, -0.25) is 0 Å². The van der Waals surface area contributed by atoms with Gasteiger partial charge in [0.25, 0.3) is 0 Å². The van der Waals surface area contributed by atoms with Crippen LogP contribution in [-0.4, -0.2) is 6.26 Å². The highest BCUT2D eigenvalue weighted by molar-refractivity contribution is 7.98. The van der Waals surface area contributed by atoms with Gasteiger partial charge in [-0.15, -0.1) is 24.4 Å². The minimum atomic E-state index is -2.23. The van der Waals surface area contributed by atoms with Crippen LogP contribution in [0.3, 0.4) is 0 Å². The number of rotatable bonds is 2. The molecule has 2 aromatic carbocycles. The molecule has 0 nitrogen and oxygen atoms in total. The van der Waals surface area contributed by atoms with Crippen molar-refractivity contribution >= 4 is 24.4 Å². The Morgan fingerprint density at radius 1 is 0.565 bits per heavy atom. The van der Waals surface area contributed by atoms with Crippen molar-refractivity contribution in [1.82, 2.24) is 0 Å². The Hall–Kier alpha value is -1.42. The van der Waals surface area contributed by atoms with Gasteiger partial charge in [0.15, 0.2) is 46.5 Å². The molecule has 0 atom stereocenters. The summed E-state index contributed by atoms with van der Waals surface area (Å²) in [5.41, 5.74) is -3.79. The summed E-state index contributed by atoms with van der Waals surface area (Å²) < 4.78 is 110. The lowest BCUT2D eigenvalue weighted by atomic mass is 10.0. The third kappa shape index (κ3) is 2.57. The molecule has 124 valence electrons. The molecule has 0 aliphatic carbocycles. The van der Waals surface area contributed by atoms with E-state index < -0.39 is 67.5 Å². The van der Waals surface area contributed by atoms with Gasteiger partial charge < -0.3 is 0 Å². The summed E-state index contributed by atoms with van der Waals surface area (Å²) in [4.78, 5) is -2.47. The zero-order valence-corrected chi connectivity index (χ0v) is 12.6. The maximum Gasteiger partial charge on any atom is 0.176 e. The smallest absolute Gasteiger partial charge is 0.176 e. The van der Waals surface area contributed by atoms with Gasteiger partial charge in [0, 0.05) is 0 Å². The third-order valence-corrected chi connectivity index (χ3v) is 4.08. The molecule has 0 bridgehead atoms. The van der Waals surface area contributed by atoms with Gasteiger partial charge in [0.05, 0.1) is 20.9 Å². The van der Waals surface area contributed by atoms with Crippen molar-refractivity contribution in [2.75, 3.05) is 6.26 Å². The predicted octanol–water partition coefficient (Wildman–Crippen LogP) is 5.48. The molecule has 0 saturated heterocycles. The fourth-order valence-corrected chi connectivity index (χ4v) is 2.58. The summed E-state index contributed by atoms with van der Waals surface area (Å²) in [6, 6.07) is 0. The molecule has 0 aliphatic heterocycles. The van der Waals surface area contributed by atoms with Gasteiger partial charge in [-0.2, -0.15) is 0 Å². The first-order valence-corrected chi connectivity index (χ1v) is 7.27. The second-order valence-corrected chi connectivity index (χ2v) is 5.41. The number of hydrogen-bond acceptors (Lipinski definition) is 2. The lowest BCUT2D eigenvalue weighted by molar-refractivity contribution is 0.415. The second kappa shape index (κ2) is 6.23. The molecule has 0 heterocycles. The van der Waals surface area contributed by atoms with Gasteiger partial charge in [-0.25, -0.2) is 35.1 Å². The largest absolute Gasteiger partial charge is 0.203 e. The Labute approximate surface area is 133 Å². The van der Waals surface area contributed by atoms with Crippen molar-refractivity contribution in [2.45, 2.75) is 9.79 Å². The van der Waals surface area contributed by atoms with E-state index in [0.29, 0.717) is 11.8 Å². The molecule has 0 spiro atoms. The molecule has 0 radical (unpaired) electrons. The average Bonchev–Trinajstić information content (AvgIpc) is 2.53. The first-order valence-electron chi connectivity index (χ1n) is 5.60. The monoisotopic (exact) mass is 376 g/mol. The molecule has 0 unspecified atom stereocenters. The Bertz CT molecular complexity index is 761. The average molecular weight is 376 g/mol. The second-order valence-electron chi connectivity index (χ2n) is 4.14. The van der Waals surface area contributed by atoms with Crippen LogP contribution >= 0.6 is 24.4 Å². The lowest BCUT2D eigenvalue weighted by Gasteiger charge is -2.13. The van der Waals surface area contributed by atoms with E-state index in [1.54, 1.807) is 0 Å². The first-order chi connectivity index (χ1) is 10.6. The first kappa shape index (κ1) is 17.9. The van der Waals surface area contributed by atoms with E-state index in [2.05, 4.69) is 12.6 Å². The van der Waals surface area contributed by atoms with E-state index in [9.17, 15) is 35.1 Å². The van der Waals surface area contributed by atoms with Crippen LogP contribution < -0.4 is 0 Å². The van der Waals surface area contributed by atoms with Crippen molar-refractivity contribution in [3.8, 4) is 11.1 Å². The minimum absolute atomic E-state index is 0.294. The quantitative estimate of drug-likeness (QED) is 0.314. The molecule has 0 fully saturated rings. The molecule has 0 N–H and O–H groups in total. The summed E-state index contributed by atoms with van der Waals surface area (Å²) in [6.45, 7) is 0.